The van der Waals surface area contributed by atoms with Gasteiger partial charge in [0.2, 0.25) is 0 Å². The number of aromatic hydroxyl groups is 1. The molecule has 13 heavy (non-hydrogen) atoms. The van der Waals surface area contributed by atoms with E-state index in [9.17, 15) is 5.11 Å². The first kappa shape index (κ1) is 10.2. The number of phenolic OH excluding ortho intramolecular Hbond substituents is 1. The summed E-state index contributed by atoms with van der Waals surface area (Å²) in [5, 5.41) is 9.52. The molecule has 2 heteroatoms. The van der Waals surface area contributed by atoms with Gasteiger partial charge in [0.25, 0.3) is 0 Å². The fourth-order valence-corrected chi connectivity index (χ4v) is 1.23. The van der Waals surface area contributed by atoms with E-state index in [1.54, 1.807) is 6.07 Å². The van der Waals surface area contributed by atoms with Gasteiger partial charge in [-0.3, -0.25) is 0 Å². The number of thiol groups is 1. The topological polar surface area (TPSA) is 20.2 Å². The molecule has 0 heterocycles. The fourth-order valence-electron chi connectivity index (χ4n) is 1.08. The second-order valence-corrected chi connectivity index (χ2v) is 3.42. The third kappa shape index (κ3) is 3.15. The lowest BCUT2D eigenvalue weighted by Gasteiger charge is -1.99. The van der Waals surface area contributed by atoms with Crippen molar-refractivity contribution in [1.82, 2.24) is 0 Å². The molecule has 0 aliphatic heterocycles. The first-order chi connectivity index (χ1) is 6.24. The SMILES string of the molecule is Cc1ccc(C=CCCS)c(O)c1. The molecule has 0 saturated heterocycles. The van der Waals surface area contributed by atoms with Gasteiger partial charge in [0, 0.05) is 5.56 Å². The lowest BCUT2D eigenvalue weighted by atomic mass is 10.1. The highest BCUT2D eigenvalue weighted by Gasteiger charge is 1.95. The maximum absolute atomic E-state index is 9.52. The lowest BCUT2D eigenvalue weighted by molar-refractivity contribution is 0.473. The van der Waals surface area contributed by atoms with Crippen molar-refractivity contribution in [3.63, 3.8) is 0 Å². The van der Waals surface area contributed by atoms with Crippen LogP contribution in [0.4, 0.5) is 0 Å². The third-order valence-electron chi connectivity index (χ3n) is 1.78. The fraction of sp³-hybridized carbons (Fsp3) is 0.273. The van der Waals surface area contributed by atoms with Crippen LogP contribution in [0.3, 0.4) is 0 Å². The Hall–Kier alpha value is -0.890. The number of hydrogen-bond acceptors (Lipinski definition) is 2. The van der Waals surface area contributed by atoms with Gasteiger partial charge in [-0.15, -0.1) is 0 Å². The molecule has 1 aromatic rings. The van der Waals surface area contributed by atoms with E-state index in [4.69, 9.17) is 0 Å². The highest BCUT2D eigenvalue weighted by Crippen LogP contribution is 2.19. The lowest BCUT2D eigenvalue weighted by Crippen LogP contribution is -1.77. The van der Waals surface area contributed by atoms with Gasteiger partial charge in [-0.25, -0.2) is 0 Å². The first-order valence-corrected chi connectivity index (χ1v) is 4.94. The molecule has 1 rings (SSSR count). The van der Waals surface area contributed by atoms with E-state index >= 15 is 0 Å². The van der Waals surface area contributed by atoms with Crippen molar-refractivity contribution in [3.8, 4) is 5.75 Å². The molecule has 0 aromatic heterocycles. The summed E-state index contributed by atoms with van der Waals surface area (Å²) in [6, 6.07) is 5.67. The van der Waals surface area contributed by atoms with Crippen molar-refractivity contribution in [3.05, 3.63) is 35.4 Å². The van der Waals surface area contributed by atoms with Crippen LogP contribution in [-0.2, 0) is 0 Å². The first-order valence-electron chi connectivity index (χ1n) is 4.31. The van der Waals surface area contributed by atoms with Crippen LogP contribution in [0.1, 0.15) is 17.5 Å². The van der Waals surface area contributed by atoms with Gasteiger partial charge in [-0.05, 0) is 30.7 Å². The average molecular weight is 194 g/mol. The highest BCUT2D eigenvalue weighted by atomic mass is 32.1. The monoisotopic (exact) mass is 194 g/mol. The molecule has 0 saturated carbocycles. The van der Waals surface area contributed by atoms with E-state index in [1.165, 1.54) is 0 Å². The summed E-state index contributed by atoms with van der Waals surface area (Å²) in [4.78, 5) is 0. The molecule has 1 aromatic carbocycles. The molecular weight excluding hydrogens is 180 g/mol. The number of benzene rings is 1. The van der Waals surface area contributed by atoms with Crippen LogP contribution in [0.25, 0.3) is 6.08 Å². The van der Waals surface area contributed by atoms with Crippen LogP contribution in [0.15, 0.2) is 24.3 Å². The zero-order valence-electron chi connectivity index (χ0n) is 7.70. The zero-order chi connectivity index (χ0) is 9.68. The number of aryl methyl sites for hydroxylation is 1. The van der Waals surface area contributed by atoms with Gasteiger partial charge in [0.05, 0.1) is 0 Å². The van der Waals surface area contributed by atoms with Crippen LogP contribution in [0.2, 0.25) is 0 Å². The molecule has 0 atom stereocenters. The summed E-state index contributed by atoms with van der Waals surface area (Å²) >= 11 is 4.10. The Balaban J connectivity index is 2.77. The third-order valence-corrected chi connectivity index (χ3v) is 2.04. The molecule has 0 spiro atoms. The molecule has 70 valence electrons. The van der Waals surface area contributed by atoms with E-state index in [0.717, 1.165) is 23.3 Å². The van der Waals surface area contributed by atoms with Crippen molar-refractivity contribution in [1.29, 1.82) is 0 Å². The summed E-state index contributed by atoms with van der Waals surface area (Å²) in [5.74, 6) is 1.18. The summed E-state index contributed by atoms with van der Waals surface area (Å²) in [7, 11) is 0. The smallest absolute Gasteiger partial charge is 0.123 e. The van der Waals surface area contributed by atoms with E-state index in [1.807, 2.05) is 31.2 Å². The molecule has 1 N–H and O–H groups in total. The van der Waals surface area contributed by atoms with Gasteiger partial charge >= 0.3 is 0 Å². The maximum Gasteiger partial charge on any atom is 0.123 e. The molecule has 0 aliphatic carbocycles. The molecule has 0 fully saturated rings. The number of allylic oxidation sites excluding steroid dienone is 1. The molecule has 1 nitrogen and oxygen atoms in total. The summed E-state index contributed by atoms with van der Waals surface area (Å²) in [6.07, 6.45) is 4.86. The minimum Gasteiger partial charge on any atom is -0.507 e. The minimum atomic E-state index is 0.343. The number of rotatable bonds is 3. The Bertz CT molecular complexity index is 305. The largest absolute Gasteiger partial charge is 0.507 e. The Morgan fingerprint density at radius 1 is 1.46 bits per heavy atom. The molecule has 0 radical (unpaired) electrons. The number of phenols is 1. The standard InChI is InChI=1S/C11H14OS/c1-9-5-6-10(11(12)8-9)4-2-3-7-13/h2,4-6,8,12-13H,3,7H2,1H3. The predicted molar refractivity (Wildman–Crippen MR) is 60.3 cm³/mol. The van der Waals surface area contributed by atoms with Gasteiger partial charge < -0.3 is 5.11 Å². The summed E-state index contributed by atoms with van der Waals surface area (Å²) < 4.78 is 0. The molecule has 0 unspecified atom stereocenters. The number of hydrogen-bond donors (Lipinski definition) is 2. The van der Waals surface area contributed by atoms with E-state index in [-0.39, 0.29) is 0 Å². The van der Waals surface area contributed by atoms with Crippen LogP contribution >= 0.6 is 12.6 Å². The Kier molecular flexibility index (Phi) is 3.90. The normalized spacial score (nSPS) is 10.9. The quantitative estimate of drug-likeness (QED) is 0.709. The second kappa shape index (κ2) is 4.97. The van der Waals surface area contributed by atoms with Crippen molar-refractivity contribution in [2.75, 3.05) is 5.75 Å². The predicted octanol–water partition coefficient (Wildman–Crippen LogP) is 3.03. The van der Waals surface area contributed by atoms with E-state index in [2.05, 4.69) is 12.6 Å². The van der Waals surface area contributed by atoms with Crippen molar-refractivity contribution in [2.24, 2.45) is 0 Å². The average Bonchev–Trinajstić information content (AvgIpc) is 2.09. The van der Waals surface area contributed by atoms with E-state index in [0.29, 0.717) is 5.75 Å². The molecule has 0 bridgehead atoms. The van der Waals surface area contributed by atoms with Crippen molar-refractivity contribution >= 4 is 18.7 Å². The van der Waals surface area contributed by atoms with Gasteiger partial charge in [-0.1, -0.05) is 24.3 Å². The summed E-state index contributed by atoms with van der Waals surface area (Å²) in [5.41, 5.74) is 1.94. The van der Waals surface area contributed by atoms with E-state index < -0.39 is 0 Å². The van der Waals surface area contributed by atoms with Crippen molar-refractivity contribution < 1.29 is 5.11 Å². The van der Waals surface area contributed by atoms with Crippen LogP contribution < -0.4 is 0 Å². The van der Waals surface area contributed by atoms with Crippen LogP contribution in [-0.4, -0.2) is 10.9 Å². The zero-order valence-corrected chi connectivity index (χ0v) is 8.59. The van der Waals surface area contributed by atoms with Gasteiger partial charge in [0.1, 0.15) is 5.75 Å². The molecule has 0 aliphatic rings. The second-order valence-electron chi connectivity index (χ2n) is 2.98. The minimum absolute atomic E-state index is 0.343. The molecule has 0 amide bonds. The highest BCUT2D eigenvalue weighted by molar-refractivity contribution is 7.80. The Labute approximate surface area is 84.5 Å². The Morgan fingerprint density at radius 2 is 2.23 bits per heavy atom. The van der Waals surface area contributed by atoms with Gasteiger partial charge in [0.15, 0.2) is 0 Å². The van der Waals surface area contributed by atoms with Crippen molar-refractivity contribution in [2.45, 2.75) is 13.3 Å². The molecular formula is C11H14OS. The van der Waals surface area contributed by atoms with Crippen LogP contribution in [0.5, 0.6) is 5.75 Å². The van der Waals surface area contributed by atoms with Crippen LogP contribution in [0, 0.1) is 6.92 Å². The summed E-state index contributed by atoms with van der Waals surface area (Å²) in [6.45, 7) is 1.96. The Morgan fingerprint density at radius 3 is 2.85 bits per heavy atom. The maximum atomic E-state index is 9.52. The van der Waals surface area contributed by atoms with Gasteiger partial charge in [-0.2, -0.15) is 12.6 Å².